The first-order valence-electron chi connectivity index (χ1n) is 14.0. The molecule has 5 nitrogen and oxygen atoms in total. The number of pyridine rings is 1. The van der Waals surface area contributed by atoms with Gasteiger partial charge in [0.2, 0.25) is 0 Å². The summed E-state index contributed by atoms with van der Waals surface area (Å²) in [7, 11) is 0. The van der Waals surface area contributed by atoms with E-state index < -0.39 is 5.97 Å². The zero-order valence-electron chi connectivity index (χ0n) is 23.6. The van der Waals surface area contributed by atoms with Crippen molar-refractivity contribution in [1.29, 1.82) is 0 Å². The molecule has 0 unspecified atom stereocenters. The Morgan fingerprint density at radius 3 is 1.64 bits per heavy atom. The second-order valence-corrected chi connectivity index (χ2v) is 11.0. The summed E-state index contributed by atoms with van der Waals surface area (Å²) in [6.45, 7) is 0.692. The summed E-state index contributed by atoms with van der Waals surface area (Å²) in [6.07, 6.45) is 0. The maximum Gasteiger partial charge on any atom is 0.357 e. The number of nitrogens with zero attached hydrogens (tertiary/aromatic N) is 1. The van der Waals surface area contributed by atoms with E-state index in [0.29, 0.717) is 39.1 Å². The van der Waals surface area contributed by atoms with Crippen LogP contribution in [0.4, 0.5) is 0 Å². The van der Waals surface area contributed by atoms with E-state index >= 15 is 0 Å². The molecule has 1 heterocycles. The van der Waals surface area contributed by atoms with Gasteiger partial charge in [0.05, 0.1) is 0 Å². The first-order valence-corrected chi connectivity index (χ1v) is 14.8. The Balaban J connectivity index is 1.46. The Kier molecular flexibility index (Phi) is 9.06. The Labute approximate surface area is 265 Å². The minimum absolute atomic E-state index is 0.111. The molecule has 6 aromatic rings. The van der Waals surface area contributed by atoms with Gasteiger partial charge in [-0.25, -0.2) is 9.78 Å². The third kappa shape index (κ3) is 7.20. The van der Waals surface area contributed by atoms with E-state index in [1.165, 1.54) is 0 Å². The van der Waals surface area contributed by atoms with Crippen LogP contribution in [0.2, 0.25) is 10.0 Å². The molecule has 0 radical (unpaired) electrons. The van der Waals surface area contributed by atoms with Crippen LogP contribution in [0.25, 0.3) is 22.0 Å². The molecule has 44 heavy (non-hydrogen) atoms. The number of fused-ring (bicyclic) bond motifs is 1. The molecular weight excluding hydrogens is 593 g/mol. The number of rotatable bonds is 10. The standard InChI is InChI=1S/C37H27Cl2NO4/c38-30-16-28(17-31(39)20-30)29-18-32-34(42-22-25-10-4-1-5-11-25)21-33(37(41)44-24-27-14-8-3-9-15-27)40-36(32)35(19-29)43-23-26-12-6-2-7-13-26/h1-21H,22-24H2. The van der Waals surface area contributed by atoms with Crippen molar-refractivity contribution in [3.8, 4) is 22.6 Å². The molecule has 5 aromatic carbocycles. The highest BCUT2D eigenvalue weighted by molar-refractivity contribution is 6.35. The van der Waals surface area contributed by atoms with Gasteiger partial charge in [-0.15, -0.1) is 0 Å². The molecule has 0 atom stereocenters. The van der Waals surface area contributed by atoms with Crippen LogP contribution in [0.5, 0.6) is 11.5 Å². The maximum atomic E-state index is 13.3. The summed E-state index contributed by atoms with van der Waals surface area (Å²) in [5, 5.41) is 1.68. The number of esters is 1. The minimum Gasteiger partial charge on any atom is -0.488 e. The fourth-order valence-corrected chi connectivity index (χ4v) is 5.28. The van der Waals surface area contributed by atoms with Crippen molar-refractivity contribution in [1.82, 2.24) is 4.98 Å². The van der Waals surface area contributed by atoms with Crippen molar-refractivity contribution >= 4 is 40.1 Å². The van der Waals surface area contributed by atoms with Crippen LogP contribution in [-0.4, -0.2) is 11.0 Å². The normalized spacial score (nSPS) is 10.9. The van der Waals surface area contributed by atoms with Crippen molar-refractivity contribution in [2.45, 2.75) is 19.8 Å². The molecule has 0 spiro atoms. The molecule has 0 saturated heterocycles. The fraction of sp³-hybridized carbons (Fsp3) is 0.0811. The van der Waals surface area contributed by atoms with E-state index in [4.69, 9.17) is 42.4 Å². The van der Waals surface area contributed by atoms with E-state index in [1.807, 2.05) is 115 Å². The average molecular weight is 621 g/mol. The van der Waals surface area contributed by atoms with Crippen LogP contribution in [0.3, 0.4) is 0 Å². The zero-order valence-corrected chi connectivity index (χ0v) is 25.1. The van der Waals surface area contributed by atoms with Gasteiger partial charge in [-0.05, 0) is 58.1 Å². The maximum absolute atomic E-state index is 13.3. The lowest BCUT2D eigenvalue weighted by atomic mass is 10.0. The van der Waals surface area contributed by atoms with Gasteiger partial charge in [0.1, 0.15) is 36.8 Å². The summed E-state index contributed by atoms with van der Waals surface area (Å²) < 4.78 is 18.4. The molecule has 0 aliphatic rings. The Bertz CT molecular complexity index is 1880. The van der Waals surface area contributed by atoms with Crippen LogP contribution < -0.4 is 9.47 Å². The predicted octanol–water partition coefficient (Wildman–Crippen LogP) is 9.72. The first kappa shape index (κ1) is 29.2. The van der Waals surface area contributed by atoms with Gasteiger partial charge >= 0.3 is 5.97 Å². The van der Waals surface area contributed by atoms with Crippen LogP contribution in [0.15, 0.2) is 127 Å². The Morgan fingerprint density at radius 1 is 0.568 bits per heavy atom. The zero-order chi connectivity index (χ0) is 30.3. The highest BCUT2D eigenvalue weighted by Crippen LogP contribution is 2.39. The molecule has 0 saturated carbocycles. The lowest BCUT2D eigenvalue weighted by Crippen LogP contribution is -2.09. The number of ether oxygens (including phenoxy) is 3. The second kappa shape index (κ2) is 13.6. The number of halogens is 2. The summed E-state index contributed by atoms with van der Waals surface area (Å²) in [4.78, 5) is 18.1. The Morgan fingerprint density at radius 2 is 1.07 bits per heavy atom. The van der Waals surface area contributed by atoms with Gasteiger partial charge < -0.3 is 14.2 Å². The highest BCUT2D eigenvalue weighted by atomic mass is 35.5. The molecule has 0 fully saturated rings. The van der Waals surface area contributed by atoms with E-state index in [0.717, 1.165) is 27.8 Å². The SMILES string of the molecule is O=C(OCc1ccccc1)c1cc(OCc2ccccc2)c2cc(-c3cc(Cl)cc(Cl)c3)cc(OCc3ccccc3)c2n1. The van der Waals surface area contributed by atoms with Gasteiger partial charge in [0, 0.05) is 21.5 Å². The molecule has 6 rings (SSSR count). The summed E-state index contributed by atoms with van der Waals surface area (Å²) in [6, 6.07) is 39.9. The van der Waals surface area contributed by atoms with Gasteiger partial charge in [-0.1, -0.05) is 114 Å². The predicted molar refractivity (Wildman–Crippen MR) is 174 cm³/mol. The average Bonchev–Trinajstić information content (AvgIpc) is 3.05. The van der Waals surface area contributed by atoms with Crippen LogP contribution >= 0.6 is 23.2 Å². The number of carbonyl (C=O) groups excluding carboxylic acids is 1. The van der Waals surface area contributed by atoms with Gasteiger partial charge in [-0.3, -0.25) is 0 Å². The van der Waals surface area contributed by atoms with Crippen LogP contribution in [0, 0.1) is 0 Å². The van der Waals surface area contributed by atoms with E-state index in [2.05, 4.69) is 0 Å². The quantitative estimate of drug-likeness (QED) is 0.143. The summed E-state index contributed by atoms with van der Waals surface area (Å²) >= 11 is 12.7. The number of hydrogen-bond acceptors (Lipinski definition) is 5. The highest BCUT2D eigenvalue weighted by Gasteiger charge is 2.20. The second-order valence-electron chi connectivity index (χ2n) is 10.1. The lowest BCUT2D eigenvalue weighted by molar-refractivity contribution is 0.0465. The molecule has 0 bridgehead atoms. The molecule has 0 N–H and O–H groups in total. The number of carbonyl (C=O) groups is 1. The number of benzene rings is 5. The topological polar surface area (TPSA) is 57.7 Å². The number of aromatic nitrogens is 1. The largest absolute Gasteiger partial charge is 0.488 e. The van der Waals surface area contributed by atoms with Crippen molar-refractivity contribution in [3.05, 3.63) is 160 Å². The third-order valence-corrected chi connectivity index (χ3v) is 7.37. The monoisotopic (exact) mass is 619 g/mol. The van der Waals surface area contributed by atoms with Gasteiger partial charge in [-0.2, -0.15) is 0 Å². The molecule has 0 aliphatic heterocycles. The summed E-state index contributed by atoms with van der Waals surface area (Å²) in [5.41, 5.74) is 5.01. The fourth-order valence-electron chi connectivity index (χ4n) is 4.75. The lowest BCUT2D eigenvalue weighted by Gasteiger charge is -2.16. The van der Waals surface area contributed by atoms with E-state index in [-0.39, 0.29) is 18.9 Å². The molecule has 0 aliphatic carbocycles. The molecule has 1 aromatic heterocycles. The van der Waals surface area contributed by atoms with E-state index in [9.17, 15) is 4.79 Å². The Hall–Kier alpha value is -4.84. The van der Waals surface area contributed by atoms with Crippen LogP contribution in [0.1, 0.15) is 27.2 Å². The van der Waals surface area contributed by atoms with Crippen molar-refractivity contribution in [2.24, 2.45) is 0 Å². The van der Waals surface area contributed by atoms with E-state index in [1.54, 1.807) is 12.1 Å². The van der Waals surface area contributed by atoms with Crippen molar-refractivity contribution < 1.29 is 19.0 Å². The van der Waals surface area contributed by atoms with Gasteiger partial charge in [0.25, 0.3) is 0 Å². The van der Waals surface area contributed by atoms with Crippen LogP contribution in [-0.2, 0) is 24.6 Å². The minimum atomic E-state index is -0.569. The third-order valence-electron chi connectivity index (χ3n) is 6.93. The van der Waals surface area contributed by atoms with Gasteiger partial charge in [0.15, 0.2) is 5.69 Å². The first-order chi connectivity index (χ1) is 21.5. The molecule has 0 amide bonds. The van der Waals surface area contributed by atoms with Crippen molar-refractivity contribution in [3.63, 3.8) is 0 Å². The molecule has 7 heteroatoms. The number of hydrogen-bond donors (Lipinski definition) is 0. The molecular formula is C37H27Cl2NO4. The smallest absolute Gasteiger partial charge is 0.357 e. The van der Waals surface area contributed by atoms with Crippen molar-refractivity contribution in [2.75, 3.05) is 0 Å². The summed E-state index contributed by atoms with van der Waals surface area (Å²) in [5.74, 6) is 0.366. The molecule has 218 valence electrons.